The van der Waals surface area contributed by atoms with E-state index in [0.717, 1.165) is 11.1 Å². The van der Waals surface area contributed by atoms with E-state index < -0.39 is 6.10 Å². The lowest BCUT2D eigenvalue weighted by atomic mass is 10.1. The molecule has 0 radical (unpaired) electrons. The van der Waals surface area contributed by atoms with Crippen LogP contribution in [0.1, 0.15) is 12.5 Å². The van der Waals surface area contributed by atoms with Gasteiger partial charge < -0.3 is 5.11 Å². The summed E-state index contributed by atoms with van der Waals surface area (Å²) in [5, 5.41) is 9.40. The molecule has 68 valence electrons. The van der Waals surface area contributed by atoms with Crippen molar-refractivity contribution in [2.24, 2.45) is 0 Å². The van der Waals surface area contributed by atoms with Crippen LogP contribution < -0.4 is 0 Å². The van der Waals surface area contributed by atoms with E-state index in [-0.39, 0.29) is 0 Å². The normalized spacial score (nSPS) is 13.1. The minimum absolute atomic E-state index is 0.541. The number of benzene rings is 1. The number of hydrogen-bond acceptors (Lipinski definition) is 1. The van der Waals surface area contributed by atoms with Gasteiger partial charge in [0.25, 0.3) is 0 Å². The van der Waals surface area contributed by atoms with Crippen molar-refractivity contribution in [3.8, 4) is 0 Å². The molecule has 13 heavy (non-hydrogen) atoms. The lowest BCUT2D eigenvalue weighted by Crippen LogP contribution is -2.01. The fourth-order valence-electron chi connectivity index (χ4n) is 0.931. The molecule has 1 aromatic carbocycles. The van der Waals surface area contributed by atoms with Crippen LogP contribution in [0.4, 0.5) is 0 Å². The molecule has 1 unspecified atom stereocenters. The summed E-state index contributed by atoms with van der Waals surface area (Å²) in [4.78, 5) is 0. The molecule has 1 nitrogen and oxygen atoms in total. The Balaban J connectivity index is 2.64. The van der Waals surface area contributed by atoms with Gasteiger partial charge >= 0.3 is 0 Å². The molecule has 0 saturated heterocycles. The molecule has 1 heteroatoms. The molecular weight excluding hydrogens is 160 g/mol. The first kappa shape index (κ1) is 9.75. The van der Waals surface area contributed by atoms with Gasteiger partial charge in [-0.3, -0.25) is 0 Å². The smallest absolute Gasteiger partial charge is 0.0929 e. The van der Waals surface area contributed by atoms with Crippen LogP contribution in [0.5, 0.6) is 0 Å². The molecule has 0 aromatic heterocycles. The minimum atomic E-state index is -0.541. The van der Waals surface area contributed by atoms with Crippen LogP contribution >= 0.6 is 0 Å². The van der Waals surface area contributed by atoms with E-state index in [2.05, 4.69) is 6.58 Å². The topological polar surface area (TPSA) is 20.2 Å². The molecule has 0 heterocycles. The zero-order valence-corrected chi connectivity index (χ0v) is 7.77. The van der Waals surface area contributed by atoms with E-state index in [1.165, 1.54) is 0 Å². The summed E-state index contributed by atoms with van der Waals surface area (Å²) in [6, 6.07) is 9.87. The maximum absolute atomic E-state index is 9.40. The first-order valence-corrected chi connectivity index (χ1v) is 4.27. The van der Waals surface area contributed by atoms with Gasteiger partial charge in [0.1, 0.15) is 0 Å². The zero-order chi connectivity index (χ0) is 9.68. The van der Waals surface area contributed by atoms with Gasteiger partial charge in [-0.25, -0.2) is 0 Å². The SMILES string of the molecule is C=C(C)C(O)/C=C/c1ccccc1. The van der Waals surface area contributed by atoms with E-state index in [4.69, 9.17) is 0 Å². The zero-order valence-electron chi connectivity index (χ0n) is 7.77. The quantitative estimate of drug-likeness (QED) is 0.698. The Labute approximate surface area is 79.0 Å². The Morgan fingerprint density at radius 1 is 1.38 bits per heavy atom. The molecule has 0 aliphatic rings. The molecule has 1 rings (SSSR count). The Hall–Kier alpha value is -1.34. The average molecular weight is 174 g/mol. The standard InChI is InChI=1S/C12H14O/c1-10(2)12(13)9-8-11-6-4-3-5-7-11/h3-9,12-13H,1H2,2H3/b9-8+. The van der Waals surface area contributed by atoms with Gasteiger partial charge in [-0.15, -0.1) is 0 Å². The summed E-state index contributed by atoms with van der Waals surface area (Å²) in [7, 11) is 0. The molecule has 0 fully saturated rings. The van der Waals surface area contributed by atoms with Crippen LogP contribution in [0.25, 0.3) is 6.08 Å². The molecule has 0 aliphatic carbocycles. The predicted molar refractivity (Wildman–Crippen MR) is 56.3 cm³/mol. The Morgan fingerprint density at radius 3 is 2.54 bits per heavy atom. The second-order valence-corrected chi connectivity index (χ2v) is 3.06. The fraction of sp³-hybridized carbons (Fsp3) is 0.167. The van der Waals surface area contributed by atoms with Crippen LogP contribution in [-0.4, -0.2) is 11.2 Å². The van der Waals surface area contributed by atoms with Gasteiger partial charge in [-0.2, -0.15) is 0 Å². The highest BCUT2D eigenvalue weighted by Gasteiger charge is 1.96. The second-order valence-electron chi connectivity index (χ2n) is 3.06. The van der Waals surface area contributed by atoms with Crippen molar-refractivity contribution in [2.45, 2.75) is 13.0 Å². The van der Waals surface area contributed by atoms with Crippen molar-refractivity contribution in [1.29, 1.82) is 0 Å². The van der Waals surface area contributed by atoms with Crippen molar-refractivity contribution in [3.05, 3.63) is 54.1 Å². The van der Waals surface area contributed by atoms with E-state index in [1.54, 1.807) is 13.0 Å². The summed E-state index contributed by atoms with van der Waals surface area (Å²) in [5.74, 6) is 0. The summed E-state index contributed by atoms with van der Waals surface area (Å²) < 4.78 is 0. The number of aliphatic hydroxyl groups is 1. The van der Waals surface area contributed by atoms with Crippen molar-refractivity contribution in [2.75, 3.05) is 0 Å². The molecule has 0 saturated carbocycles. The van der Waals surface area contributed by atoms with E-state index in [0.29, 0.717) is 0 Å². The molecule has 0 bridgehead atoms. The van der Waals surface area contributed by atoms with Gasteiger partial charge in [0.2, 0.25) is 0 Å². The van der Waals surface area contributed by atoms with Crippen LogP contribution in [0.15, 0.2) is 48.6 Å². The van der Waals surface area contributed by atoms with E-state index in [9.17, 15) is 5.11 Å². The number of aliphatic hydroxyl groups excluding tert-OH is 1. The summed E-state index contributed by atoms with van der Waals surface area (Å²) in [6.45, 7) is 5.47. The summed E-state index contributed by atoms with van der Waals surface area (Å²) >= 11 is 0. The number of rotatable bonds is 3. The van der Waals surface area contributed by atoms with Crippen LogP contribution in [0.2, 0.25) is 0 Å². The average Bonchev–Trinajstić information content (AvgIpc) is 2.15. The van der Waals surface area contributed by atoms with Crippen LogP contribution in [0, 0.1) is 0 Å². The third-order valence-corrected chi connectivity index (χ3v) is 1.78. The summed E-state index contributed by atoms with van der Waals surface area (Å²) in [6.07, 6.45) is 3.08. The molecule has 1 aromatic rings. The fourth-order valence-corrected chi connectivity index (χ4v) is 0.931. The van der Waals surface area contributed by atoms with Crippen molar-refractivity contribution < 1.29 is 5.11 Å². The number of hydrogen-bond donors (Lipinski definition) is 1. The third-order valence-electron chi connectivity index (χ3n) is 1.78. The highest BCUT2D eigenvalue weighted by molar-refractivity contribution is 5.49. The summed E-state index contributed by atoms with van der Waals surface area (Å²) in [5.41, 5.74) is 1.84. The van der Waals surface area contributed by atoms with Crippen molar-refractivity contribution >= 4 is 6.08 Å². The lowest BCUT2D eigenvalue weighted by Gasteiger charge is -2.02. The van der Waals surface area contributed by atoms with Crippen molar-refractivity contribution in [3.63, 3.8) is 0 Å². The Kier molecular flexibility index (Phi) is 3.47. The largest absolute Gasteiger partial charge is 0.385 e. The molecule has 1 atom stereocenters. The maximum atomic E-state index is 9.40. The van der Waals surface area contributed by atoms with Gasteiger partial charge in [-0.05, 0) is 18.1 Å². The van der Waals surface area contributed by atoms with Crippen LogP contribution in [0.3, 0.4) is 0 Å². The minimum Gasteiger partial charge on any atom is -0.385 e. The van der Waals surface area contributed by atoms with Gasteiger partial charge in [0, 0.05) is 0 Å². The van der Waals surface area contributed by atoms with Gasteiger partial charge in [0.15, 0.2) is 0 Å². The second kappa shape index (κ2) is 4.63. The molecule has 1 N–H and O–H groups in total. The van der Waals surface area contributed by atoms with Crippen LogP contribution in [-0.2, 0) is 0 Å². The highest BCUT2D eigenvalue weighted by atomic mass is 16.3. The first-order chi connectivity index (χ1) is 6.20. The maximum Gasteiger partial charge on any atom is 0.0929 e. The molecular formula is C12H14O. The van der Waals surface area contributed by atoms with Gasteiger partial charge in [-0.1, -0.05) is 49.1 Å². The predicted octanol–water partition coefficient (Wildman–Crippen LogP) is 2.64. The van der Waals surface area contributed by atoms with Crippen molar-refractivity contribution in [1.82, 2.24) is 0 Å². The first-order valence-electron chi connectivity index (χ1n) is 4.27. The lowest BCUT2D eigenvalue weighted by molar-refractivity contribution is 0.260. The van der Waals surface area contributed by atoms with E-state index in [1.807, 2.05) is 36.4 Å². The Morgan fingerprint density at radius 2 is 2.00 bits per heavy atom. The third kappa shape index (κ3) is 3.26. The van der Waals surface area contributed by atoms with Gasteiger partial charge in [0.05, 0.1) is 6.10 Å². The monoisotopic (exact) mass is 174 g/mol. The van der Waals surface area contributed by atoms with E-state index >= 15 is 0 Å². The molecule has 0 aliphatic heterocycles. The molecule has 0 amide bonds. The Bertz CT molecular complexity index is 298. The highest BCUT2D eigenvalue weighted by Crippen LogP contribution is 2.05. The molecule has 0 spiro atoms.